The molecule has 0 spiro atoms. The van der Waals surface area contributed by atoms with E-state index in [9.17, 15) is 27.2 Å². The fraction of sp³-hybridized carbons (Fsp3) is 0.267. The summed E-state index contributed by atoms with van der Waals surface area (Å²) < 4.78 is 57.8. The number of carbonyl (C=O) groups is 1. The summed E-state index contributed by atoms with van der Waals surface area (Å²) in [6.45, 7) is 2.52. The topological polar surface area (TPSA) is 61.2 Å². The van der Waals surface area contributed by atoms with Crippen LogP contribution in [0.5, 0.6) is 0 Å². The molecule has 1 aromatic heterocycles. The van der Waals surface area contributed by atoms with Gasteiger partial charge in [0, 0.05) is 5.56 Å². The molecular formula is C15H11ClF4N2O3. The summed E-state index contributed by atoms with van der Waals surface area (Å²) in [5, 5.41) is 3.09. The first-order chi connectivity index (χ1) is 11.6. The number of benzene rings is 1. The van der Waals surface area contributed by atoms with Gasteiger partial charge in [-0.2, -0.15) is 23.0 Å². The number of halogens is 5. The van der Waals surface area contributed by atoms with E-state index in [4.69, 9.17) is 16.3 Å². The molecule has 0 radical (unpaired) electrons. The second-order valence-corrected chi connectivity index (χ2v) is 5.31. The quantitative estimate of drug-likeness (QED) is 0.605. The number of alkyl halides is 3. The molecule has 134 valence electrons. The molecule has 0 amide bonds. The van der Waals surface area contributed by atoms with E-state index < -0.39 is 40.3 Å². The van der Waals surface area contributed by atoms with Crippen LogP contribution >= 0.6 is 11.6 Å². The maximum absolute atomic E-state index is 14.2. The van der Waals surface area contributed by atoms with Crippen molar-refractivity contribution in [3.8, 4) is 5.69 Å². The molecule has 0 saturated heterocycles. The van der Waals surface area contributed by atoms with Crippen LogP contribution in [-0.2, 0) is 10.9 Å². The van der Waals surface area contributed by atoms with Gasteiger partial charge in [0.25, 0.3) is 5.56 Å². The zero-order chi connectivity index (χ0) is 18.9. The lowest BCUT2D eigenvalue weighted by Crippen LogP contribution is -2.28. The third-order valence-electron chi connectivity index (χ3n) is 3.28. The molecule has 0 saturated carbocycles. The normalized spacial score (nSPS) is 11.5. The van der Waals surface area contributed by atoms with Gasteiger partial charge in [0.1, 0.15) is 5.69 Å². The minimum Gasteiger partial charge on any atom is -0.462 e. The zero-order valence-electron chi connectivity index (χ0n) is 12.9. The van der Waals surface area contributed by atoms with Crippen molar-refractivity contribution >= 4 is 17.6 Å². The Balaban J connectivity index is 2.67. The van der Waals surface area contributed by atoms with Crippen LogP contribution in [-0.4, -0.2) is 22.4 Å². The van der Waals surface area contributed by atoms with E-state index in [0.29, 0.717) is 10.9 Å². The molecule has 0 atom stereocenters. The van der Waals surface area contributed by atoms with Crippen molar-refractivity contribution < 1.29 is 27.1 Å². The van der Waals surface area contributed by atoms with E-state index in [0.717, 1.165) is 19.1 Å². The van der Waals surface area contributed by atoms with E-state index in [1.165, 1.54) is 0 Å². The second kappa shape index (κ2) is 6.83. The molecule has 0 aliphatic heterocycles. The van der Waals surface area contributed by atoms with Crippen molar-refractivity contribution in [2.75, 3.05) is 6.61 Å². The Hall–Kier alpha value is -2.42. The summed E-state index contributed by atoms with van der Waals surface area (Å²) in [6.07, 6.45) is -4.36. The Morgan fingerprint density at radius 3 is 2.56 bits per heavy atom. The van der Waals surface area contributed by atoms with Crippen LogP contribution in [0.3, 0.4) is 0 Å². The van der Waals surface area contributed by atoms with E-state index in [1.807, 2.05) is 0 Å². The van der Waals surface area contributed by atoms with Gasteiger partial charge in [0.2, 0.25) is 0 Å². The lowest BCUT2D eigenvalue weighted by Gasteiger charge is -2.13. The highest BCUT2D eigenvalue weighted by atomic mass is 35.5. The summed E-state index contributed by atoms with van der Waals surface area (Å²) in [4.78, 5) is 24.0. The van der Waals surface area contributed by atoms with Gasteiger partial charge < -0.3 is 4.74 Å². The summed E-state index contributed by atoms with van der Waals surface area (Å²) >= 11 is 5.78. The van der Waals surface area contributed by atoms with Gasteiger partial charge in [0.05, 0.1) is 29.0 Å². The molecule has 1 heterocycles. The van der Waals surface area contributed by atoms with E-state index in [2.05, 4.69) is 5.10 Å². The Bertz CT molecular complexity index is 894. The first kappa shape index (κ1) is 18.9. The van der Waals surface area contributed by atoms with Crippen LogP contribution in [0, 0.1) is 12.7 Å². The number of esters is 1. The van der Waals surface area contributed by atoms with E-state index >= 15 is 0 Å². The number of carbonyl (C=O) groups excluding carboxylic acids is 1. The van der Waals surface area contributed by atoms with Gasteiger partial charge >= 0.3 is 12.1 Å². The highest BCUT2D eigenvalue weighted by Crippen LogP contribution is 2.30. The number of hydrogen-bond acceptors (Lipinski definition) is 4. The Kier molecular flexibility index (Phi) is 5.17. The average molecular weight is 379 g/mol. The van der Waals surface area contributed by atoms with Crippen LogP contribution < -0.4 is 5.56 Å². The summed E-state index contributed by atoms with van der Waals surface area (Å²) in [7, 11) is 0. The predicted octanol–water partition coefficient (Wildman–Crippen LogP) is 3.53. The molecule has 0 N–H and O–H groups in total. The lowest BCUT2D eigenvalue weighted by molar-refractivity contribution is -0.138. The van der Waals surface area contributed by atoms with E-state index in [1.54, 1.807) is 6.92 Å². The number of ether oxygens (including phenoxy) is 1. The van der Waals surface area contributed by atoms with Gasteiger partial charge in [-0.3, -0.25) is 4.79 Å². The summed E-state index contributed by atoms with van der Waals surface area (Å²) in [6, 6.07) is 1.65. The Labute approximate surface area is 143 Å². The van der Waals surface area contributed by atoms with Gasteiger partial charge in [-0.05, 0) is 26.0 Å². The predicted molar refractivity (Wildman–Crippen MR) is 80.5 cm³/mol. The second-order valence-electron chi connectivity index (χ2n) is 4.90. The van der Waals surface area contributed by atoms with Crippen LogP contribution in [0.4, 0.5) is 17.6 Å². The Morgan fingerprint density at radius 2 is 2.00 bits per heavy atom. The third kappa shape index (κ3) is 3.65. The number of nitrogens with zero attached hydrogens (tertiary/aromatic N) is 2. The van der Waals surface area contributed by atoms with Gasteiger partial charge in [-0.15, -0.1) is 0 Å². The van der Waals surface area contributed by atoms with Gasteiger partial charge in [0.15, 0.2) is 5.82 Å². The largest absolute Gasteiger partial charge is 0.462 e. The van der Waals surface area contributed by atoms with Crippen LogP contribution in [0.25, 0.3) is 5.69 Å². The van der Waals surface area contributed by atoms with Crippen molar-refractivity contribution in [1.82, 2.24) is 9.78 Å². The first-order valence-corrected chi connectivity index (χ1v) is 7.28. The average Bonchev–Trinajstić information content (AvgIpc) is 2.49. The third-order valence-corrected chi connectivity index (χ3v) is 3.60. The smallest absolute Gasteiger partial charge is 0.418 e. The van der Waals surface area contributed by atoms with Crippen molar-refractivity contribution in [1.29, 1.82) is 0 Å². The number of hydrogen-bond donors (Lipinski definition) is 0. The molecule has 0 unspecified atom stereocenters. The van der Waals surface area contributed by atoms with Crippen LogP contribution in [0.1, 0.15) is 28.4 Å². The molecule has 0 bridgehead atoms. The number of rotatable bonds is 3. The zero-order valence-corrected chi connectivity index (χ0v) is 13.7. The van der Waals surface area contributed by atoms with Crippen molar-refractivity contribution in [3.05, 3.63) is 56.2 Å². The van der Waals surface area contributed by atoms with Crippen molar-refractivity contribution in [3.63, 3.8) is 0 Å². The molecule has 1 aromatic carbocycles. The number of aromatic nitrogens is 2. The molecule has 25 heavy (non-hydrogen) atoms. The summed E-state index contributed by atoms with van der Waals surface area (Å²) in [5.74, 6) is -1.91. The molecule has 0 aliphatic rings. The van der Waals surface area contributed by atoms with Gasteiger partial charge in [-0.1, -0.05) is 11.6 Å². The van der Waals surface area contributed by atoms with Gasteiger partial charge in [-0.25, -0.2) is 9.18 Å². The fourth-order valence-corrected chi connectivity index (χ4v) is 2.29. The highest BCUT2D eigenvalue weighted by Gasteiger charge is 2.34. The molecule has 2 rings (SSSR count). The van der Waals surface area contributed by atoms with E-state index in [-0.39, 0.29) is 17.2 Å². The minimum absolute atomic E-state index is 0.0272. The minimum atomic E-state index is -4.77. The van der Waals surface area contributed by atoms with Crippen LogP contribution in [0.2, 0.25) is 5.02 Å². The highest BCUT2D eigenvalue weighted by molar-refractivity contribution is 6.33. The SMILES string of the molecule is CCOC(=O)c1cc(-n2ncc(C(F)(F)F)c(C)c2=O)c(F)cc1Cl. The summed E-state index contributed by atoms with van der Waals surface area (Å²) in [5.41, 5.74) is -3.82. The van der Waals surface area contributed by atoms with Crippen molar-refractivity contribution in [2.45, 2.75) is 20.0 Å². The molecule has 0 fully saturated rings. The van der Waals surface area contributed by atoms with Crippen LogP contribution in [0.15, 0.2) is 23.1 Å². The standard InChI is InChI=1S/C15H11ClF4N2O3/c1-3-25-14(24)8-4-12(11(17)5-10(8)16)22-13(23)7(2)9(6-21-22)15(18,19)20/h4-6H,3H2,1-2H3. The maximum atomic E-state index is 14.2. The molecule has 0 aliphatic carbocycles. The lowest BCUT2D eigenvalue weighted by atomic mass is 10.1. The first-order valence-electron chi connectivity index (χ1n) is 6.90. The maximum Gasteiger partial charge on any atom is 0.418 e. The molecular weight excluding hydrogens is 368 g/mol. The fourth-order valence-electron chi connectivity index (χ4n) is 2.06. The molecule has 2 aromatic rings. The van der Waals surface area contributed by atoms with Crippen molar-refractivity contribution in [2.24, 2.45) is 0 Å². The monoisotopic (exact) mass is 378 g/mol. The molecule has 5 nitrogen and oxygen atoms in total. The Morgan fingerprint density at radius 1 is 1.36 bits per heavy atom. The molecule has 10 heteroatoms.